The summed E-state index contributed by atoms with van der Waals surface area (Å²) in [5.41, 5.74) is 7.60. The van der Waals surface area contributed by atoms with E-state index in [0.29, 0.717) is 90.4 Å². The molecule has 0 fully saturated rings. The quantitative estimate of drug-likeness (QED) is 0.0420. The number of ketones is 1. The number of carbonyl (C=O) groups is 6. The molecule has 20 nitrogen and oxygen atoms in total. The van der Waals surface area contributed by atoms with E-state index in [1.54, 1.807) is 12.1 Å². The fraction of sp³-hybridized carbons (Fsp3) is 0.617. The molecule has 0 aromatic heterocycles. The number of hydrogen-bond donors (Lipinski definition) is 4. The van der Waals surface area contributed by atoms with Gasteiger partial charge in [-0.05, 0) is 50.0 Å². The highest BCUT2D eigenvalue weighted by atomic mass is 16.6. The lowest BCUT2D eigenvalue weighted by molar-refractivity contribution is -0.137. The first-order valence-corrected chi connectivity index (χ1v) is 22.7. The molecule has 1 aromatic carbocycles. The first-order valence-electron chi connectivity index (χ1n) is 22.7. The summed E-state index contributed by atoms with van der Waals surface area (Å²) >= 11 is 0. The zero-order valence-corrected chi connectivity index (χ0v) is 40.2. The number of Topliss-reactive ketones (excluding diaryl/α,β-unsaturated/α-hetero) is 1. The third-order valence-corrected chi connectivity index (χ3v) is 10.3. The predicted octanol–water partition coefficient (Wildman–Crippen LogP) is 2.59. The first-order chi connectivity index (χ1) is 32.1. The molecule has 0 unspecified atom stereocenters. The molecule has 2 atom stereocenters. The van der Waals surface area contributed by atoms with Crippen LogP contribution in [0.2, 0.25) is 0 Å². The van der Waals surface area contributed by atoms with Crippen molar-refractivity contribution in [1.29, 1.82) is 0 Å². The molecule has 0 saturated heterocycles. The SMILES string of the molecule is C=C(C)N(C)CCN(C)C(=C)OCc1ccc(NC(=O)[C@H](CCCNC(N)=O)CC(=O)[C@@H](NC(=O)CCOCCOCCOCCOCCOCCOCCN2C(=O)C=CC2=O)C(C)C)cc1. The lowest BCUT2D eigenvalue weighted by atomic mass is 9.89. The molecule has 5 N–H and O–H groups in total. The van der Waals surface area contributed by atoms with E-state index in [9.17, 15) is 28.8 Å². The van der Waals surface area contributed by atoms with Crippen molar-refractivity contribution in [3.63, 3.8) is 0 Å². The number of nitrogens with one attached hydrogen (secondary N) is 3. The third kappa shape index (κ3) is 25.9. The van der Waals surface area contributed by atoms with Gasteiger partial charge in [0.1, 0.15) is 6.61 Å². The molecule has 0 aliphatic carbocycles. The van der Waals surface area contributed by atoms with E-state index in [0.717, 1.165) is 22.7 Å². The monoisotopic (exact) mass is 946 g/mol. The number of rotatable bonds is 40. The van der Waals surface area contributed by atoms with Gasteiger partial charge in [0.15, 0.2) is 11.7 Å². The number of amides is 6. The molecule has 2 rings (SSSR count). The minimum absolute atomic E-state index is 0.0311. The van der Waals surface area contributed by atoms with Crippen LogP contribution in [-0.4, -0.2) is 176 Å². The Balaban J connectivity index is 1.63. The second kappa shape index (κ2) is 34.0. The minimum atomic E-state index is -0.822. The fourth-order valence-electron chi connectivity index (χ4n) is 6.12. The second-order valence-corrected chi connectivity index (χ2v) is 16.1. The number of primary amides is 1. The van der Waals surface area contributed by atoms with Gasteiger partial charge in [-0.3, -0.25) is 28.9 Å². The van der Waals surface area contributed by atoms with Crippen molar-refractivity contribution in [2.45, 2.75) is 59.1 Å². The smallest absolute Gasteiger partial charge is 0.312 e. The van der Waals surface area contributed by atoms with Crippen molar-refractivity contribution >= 4 is 41.1 Å². The largest absolute Gasteiger partial charge is 0.475 e. The second-order valence-electron chi connectivity index (χ2n) is 16.1. The lowest BCUT2D eigenvalue weighted by Crippen LogP contribution is -2.45. The van der Waals surface area contributed by atoms with Crippen LogP contribution in [0.25, 0.3) is 0 Å². The number of likely N-dealkylation sites (N-methyl/N-ethyl adjacent to an activating group) is 2. The zero-order valence-electron chi connectivity index (χ0n) is 40.2. The summed E-state index contributed by atoms with van der Waals surface area (Å²) in [6, 6.07) is 5.69. The van der Waals surface area contributed by atoms with E-state index < -0.39 is 18.0 Å². The molecule has 376 valence electrons. The summed E-state index contributed by atoms with van der Waals surface area (Å²) in [6.07, 6.45) is 3.08. The van der Waals surface area contributed by atoms with Crippen LogP contribution in [0, 0.1) is 11.8 Å². The molecule has 67 heavy (non-hydrogen) atoms. The summed E-state index contributed by atoms with van der Waals surface area (Å²) in [4.78, 5) is 79.4. The Hall–Kier alpha value is -5.38. The molecule has 1 aromatic rings. The number of urea groups is 1. The molecular formula is C47H75N7O13. The minimum Gasteiger partial charge on any atom is -0.475 e. The number of benzene rings is 1. The van der Waals surface area contributed by atoms with E-state index in [4.69, 9.17) is 38.9 Å². The van der Waals surface area contributed by atoms with Gasteiger partial charge in [-0.15, -0.1) is 0 Å². The predicted molar refractivity (Wildman–Crippen MR) is 251 cm³/mol. The Bertz CT molecular complexity index is 1710. The Labute approximate surface area is 395 Å². The number of anilines is 1. The van der Waals surface area contributed by atoms with Crippen LogP contribution in [0.4, 0.5) is 10.5 Å². The molecule has 1 heterocycles. The van der Waals surface area contributed by atoms with Gasteiger partial charge in [0, 0.05) is 76.0 Å². The number of ether oxygens (including phenoxy) is 7. The van der Waals surface area contributed by atoms with Gasteiger partial charge in [-0.25, -0.2) is 4.79 Å². The standard InChI is InChI=1S/C47H75N7O13/c1-35(2)45(51-42(56)16-21-61-23-25-63-27-29-65-31-32-66-30-28-64-26-24-62-22-20-54-43(57)14-15-44(54)58)41(55)33-39(9-8-17-49-47(48)60)46(59)50-40-12-10-38(11-13-40)34-67-37(5)53(7)19-18-52(6)36(3)4/h10-15,35,39,45H,3,5,8-9,16-34H2,1-2,4,6-7H3,(H,50,59)(H,51,56)(H3,48,49,60)/t39-,45+/m1/s1. The summed E-state index contributed by atoms with van der Waals surface area (Å²) in [6.45, 7) is 19.7. The molecule has 6 amide bonds. The Kier molecular flexibility index (Phi) is 29.3. The summed E-state index contributed by atoms with van der Waals surface area (Å²) in [7, 11) is 3.88. The van der Waals surface area contributed by atoms with E-state index >= 15 is 0 Å². The van der Waals surface area contributed by atoms with Crippen LogP contribution >= 0.6 is 0 Å². The van der Waals surface area contributed by atoms with E-state index in [1.807, 2.05) is 56.8 Å². The fourth-order valence-corrected chi connectivity index (χ4v) is 6.12. The van der Waals surface area contributed by atoms with Crippen LogP contribution in [0.15, 0.2) is 61.2 Å². The van der Waals surface area contributed by atoms with E-state index in [-0.39, 0.29) is 87.7 Å². The highest BCUT2D eigenvalue weighted by Gasteiger charge is 2.29. The molecule has 0 radical (unpaired) electrons. The van der Waals surface area contributed by atoms with Crippen LogP contribution in [0.3, 0.4) is 0 Å². The van der Waals surface area contributed by atoms with Crippen LogP contribution < -0.4 is 21.7 Å². The average Bonchev–Trinajstić information content (AvgIpc) is 3.61. The molecule has 0 saturated carbocycles. The number of nitrogens with zero attached hydrogens (tertiary/aromatic N) is 3. The number of hydrogen-bond acceptors (Lipinski definition) is 15. The summed E-state index contributed by atoms with van der Waals surface area (Å²) in [5, 5.41) is 8.24. The van der Waals surface area contributed by atoms with Gasteiger partial charge in [0.05, 0.1) is 91.9 Å². The Morgan fingerprint density at radius 3 is 1.76 bits per heavy atom. The van der Waals surface area contributed by atoms with Crippen molar-refractivity contribution < 1.29 is 61.9 Å². The molecule has 0 bridgehead atoms. The maximum atomic E-state index is 13.6. The lowest BCUT2D eigenvalue weighted by Gasteiger charge is -2.26. The Morgan fingerprint density at radius 2 is 1.25 bits per heavy atom. The molecule has 1 aliphatic rings. The van der Waals surface area contributed by atoms with Crippen LogP contribution in [0.1, 0.15) is 52.0 Å². The van der Waals surface area contributed by atoms with Gasteiger partial charge in [0.25, 0.3) is 11.8 Å². The zero-order chi connectivity index (χ0) is 49.4. The van der Waals surface area contributed by atoms with E-state index in [1.165, 1.54) is 12.2 Å². The highest BCUT2D eigenvalue weighted by Crippen LogP contribution is 2.20. The van der Waals surface area contributed by atoms with Gasteiger partial charge in [-0.1, -0.05) is 32.6 Å². The molecule has 1 aliphatic heterocycles. The molecular weight excluding hydrogens is 871 g/mol. The maximum Gasteiger partial charge on any atom is 0.312 e. The molecule has 20 heteroatoms. The van der Waals surface area contributed by atoms with Crippen molar-refractivity contribution in [3.8, 4) is 0 Å². The third-order valence-electron chi connectivity index (χ3n) is 10.3. The van der Waals surface area contributed by atoms with Crippen LogP contribution in [-0.2, 0) is 63.7 Å². The Morgan fingerprint density at radius 1 is 0.746 bits per heavy atom. The maximum absolute atomic E-state index is 13.6. The number of allylic oxidation sites excluding steroid dienone is 1. The van der Waals surface area contributed by atoms with Gasteiger partial charge in [0.2, 0.25) is 11.8 Å². The van der Waals surface area contributed by atoms with Gasteiger partial charge in [-0.2, -0.15) is 0 Å². The average molecular weight is 946 g/mol. The number of carbonyl (C=O) groups excluding carboxylic acids is 6. The highest BCUT2D eigenvalue weighted by molar-refractivity contribution is 6.12. The molecule has 0 spiro atoms. The summed E-state index contributed by atoms with van der Waals surface area (Å²) < 4.78 is 38.7. The first kappa shape index (κ1) is 57.7. The normalized spacial score (nSPS) is 13.1. The van der Waals surface area contributed by atoms with Crippen molar-refractivity contribution in [3.05, 3.63) is 66.7 Å². The van der Waals surface area contributed by atoms with E-state index in [2.05, 4.69) is 29.1 Å². The van der Waals surface area contributed by atoms with Crippen molar-refractivity contribution in [2.75, 3.05) is 125 Å². The van der Waals surface area contributed by atoms with Gasteiger partial charge < -0.3 is 64.6 Å². The van der Waals surface area contributed by atoms with Crippen molar-refractivity contribution in [1.82, 2.24) is 25.3 Å². The van der Waals surface area contributed by atoms with Crippen LogP contribution in [0.5, 0.6) is 0 Å². The number of imide groups is 1. The number of nitrogens with two attached hydrogens (primary N) is 1. The van der Waals surface area contributed by atoms with Crippen molar-refractivity contribution in [2.24, 2.45) is 17.6 Å². The topological polar surface area (TPSA) is 239 Å². The summed E-state index contributed by atoms with van der Waals surface area (Å²) in [5.74, 6) is -2.12. The van der Waals surface area contributed by atoms with Gasteiger partial charge >= 0.3 is 6.03 Å².